The summed E-state index contributed by atoms with van der Waals surface area (Å²) in [5.74, 6) is 0.442. The zero-order valence-electron chi connectivity index (χ0n) is 8.91. The first-order chi connectivity index (χ1) is 6.06. The third kappa shape index (κ3) is 2.21. The Labute approximate surface area is 80.1 Å². The van der Waals surface area contributed by atoms with Crippen molar-refractivity contribution < 1.29 is 9.53 Å². The van der Waals surface area contributed by atoms with Crippen LogP contribution in [0.4, 0.5) is 0 Å². The van der Waals surface area contributed by atoms with Gasteiger partial charge in [0.1, 0.15) is 0 Å². The second-order valence-electron chi connectivity index (χ2n) is 4.15. The third-order valence-corrected chi connectivity index (χ3v) is 2.87. The molecule has 1 rings (SSSR count). The van der Waals surface area contributed by atoms with Gasteiger partial charge in [-0.05, 0) is 19.8 Å². The second kappa shape index (κ2) is 4.09. The molecule has 0 unspecified atom stereocenters. The summed E-state index contributed by atoms with van der Waals surface area (Å²) >= 11 is 0. The molecule has 2 atom stereocenters. The average Bonchev–Trinajstić information content (AvgIpc) is 2.46. The highest BCUT2D eigenvalue weighted by Gasteiger charge is 2.36. The lowest BCUT2D eigenvalue weighted by Gasteiger charge is -2.19. The Balaban J connectivity index is 2.56. The lowest BCUT2D eigenvalue weighted by Crippen LogP contribution is -2.29. The van der Waals surface area contributed by atoms with Crippen LogP contribution in [0.5, 0.6) is 0 Å². The number of hydrogen-bond acceptors (Lipinski definition) is 3. The molecule has 13 heavy (non-hydrogen) atoms. The Kier molecular flexibility index (Phi) is 3.31. The normalized spacial score (nSPS) is 29.6. The quantitative estimate of drug-likeness (QED) is 0.604. The van der Waals surface area contributed by atoms with Gasteiger partial charge in [-0.3, -0.25) is 9.69 Å². The standard InChI is InChI=1S/C10H19NO2/c1-7(2)11-5-8(3)9(6-11)10(12)13-4/h7-9H,5-6H2,1-4H3/t8-,9-/m1/s1. The Morgan fingerprint density at radius 2 is 2.08 bits per heavy atom. The molecule has 76 valence electrons. The van der Waals surface area contributed by atoms with Crippen LogP contribution in [0.1, 0.15) is 20.8 Å². The maximum Gasteiger partial charge on any atom is 0.310 e. The van der Waals surface area contributed by atoms with E-state index in [1.165, 1.54) is 7.11 Å². The zero-order chi connectivity index (χ0) is 10.0. The summed E-state index contributed by atoms with van der Waals surface area (Å²) in [5.41, 5.74) is 0. The first kappa shape index (κ1) is 10.5. The zero-order valence-corrected chi connectivity index (χ0v) is 8.91. The van der Waals surface area contributed by atoms with Crippen molar-refractivity contribution in [1.82, 2.24) is 4.90 Å². The minimum absolute atomic E-state index is 0.0596. The Bertz CT molecular complexity index is 191. The van der Waals surface area contributed by atoms with Gasteiger partial charge in [0.15, 0.2) is 0 Å². The maximum atomic E-state index is 11.3. The van der Waals surface area contributed by atoms with Crippen molar-refractivity contribution in [3.05, 3.63) is 0 Å². The number of rotatable bonds is 2. The van der Waals surface area contributed by atoms with Gasteiger partial charge in [-0.1, -0.05) is 6.92 Å². The minimum atomic E-state index is -0.0596. The number of carbonyl (C=O) groups excluding carboxylic acids is 1. The highest BCUT2D eigenvalue weighted by molar-refractivity contribution is 5.73. The van der Waals surface area contributed by atoms with Gasteiger partial charge in [0.25, 0.3) is 0 Å². The van der Waals surface area contributed by atoms with E-state index in [0.717, 1.165) is 13.1 Å². The van der Waals surface area contributed by atoms with Crippen LogP contribution in [0.3, 0.4) is 0 Å². The highest BCUT2D eigenvalue weighted by atomic mass is 16.5. The molecule has 0 spiro atoms. The summed E-state index contributed by atoms with van der Waals surface area (Å²) in [6.45, 7) is 8.30. The Morgan fingerprint density at radius 3 is 2.46 bits per heavy atom. The van der Waals surface area contributed by atoms with E-state index < -0.39 is 0 Å². The molecule has 0 saturated carbocycles. The van der Waals surface area contributed by atoms with Gasteiger partial charge in [-0.2, -0.15) is 0 Å². The van der Waals surface area contributed by atoms with E-state index >= 15 is 0 Å². The third-order valence-electron chi connectivity index (χ3n) is 2.87. The Hall–Kier alpha value is -0.570. The molecule has 0 amide bonds. The Morgan fingerprint density at radius 1 is 1.46 bits per heavy atom. The van der Waals surface area contributed by atoms with Crippen LogP contribution >= 0.6 is 0 Å². The van der Waals surface area contributed by atoms with Crippen LogP contribution < -0.4 is 0 Å². The van der Waals surface area contributed by atoms with Gasteiger partial charge in [0.05, 0.1) is 13.0 Å². The van der Waals surface area contributed by atoms with Crippen LogP contribution in [-0.2, 0) is 9.53 Å². The van der Waals surface area contributed by atoms with E-state index in [-0.39, 0.29) is 11.9 Å². The molecule has 3 nitrogen and oxygen atoms in total. The number of methoxy groups -OCH3 is 1. The fourth-order valence-electron chi connectivity index (χ4n) is 1.88. The summed E-state index contributed by atoms with van der Waals surface area (Å²) in [5, 5.41) is 0. The van der Waals surface area contributed by atoms with Gasteiger partial charge in [0, 0.05) is 19.1 Å². The van der Waals surface area contributed by atoms with Crippen molar-refractivity contribution in [3.8, 4) is 0 Å². The lowest BCUT2D eigenvalue weighted by molar-refractivity contribution is -0.146. The fraction of sp³-hybridized carbons (Fsp3) is 0.900. The van der Waals surface area contributed by atoms with E-state index in [2.05, 4.69) is 25.7 Å². The molecular weight excluding hydrogens is 166 g/mol. The van der Waals surface area contributed by atoms with Crippen LogP contribution in [0.2, 0.25) is 0 Å². The molecule has 3 heteroatoms. The van der Waals surface area contributed by atoms with E-state index in [4.69, 9.17) is 4.74 Å². The molecule has 0 aromatic heterocycles. The van der Waals surface area contributed by atoms with Crippen LogP contribution in [0.25, 0.3) is 0 Å². The molecule has 1 saturated heterocycles. The van der Waals surface area contributed by atoms with Crippen molar-refractivity contribution in [2.75, 3.05) is 20.2 Å². The molecule has 0 aromatic carbocycles. The number of esters is 1. The molecule has 1 aliphatic heterocycles. The first-order valence-electron chi connectivity index (χ1n) is 4.88. The average molecular weight is 185 g/mol. The molecular formula is C10H19NO2. The van der Waals surface area contributed by atoms with Crippen molar-refractivity contribution in [2.45, 2.75) is 26.8 Å². The van der Waals surface area contributed by atoms with Crippen molar-refractivity contribution in [3.63, 3.8) is 0 Å². The monoisotopic (exact) mass is 185 g/mol. The largest absolute Gasteiger partial charge is 0.469 e. The van der Waals surface area contributed by atoms with Crippen molar-refractivity contribution >= 4 is 5.97 Å². The summed E-state index contributed by atoms with van der Waals surface area (Å²) in [6.07, 6.45) is 0. The number of hydrogen-bond donors (Lipinski definition) is 0. The van der Waals surface area contributed by atoms with Crippen LogP contribution in [-0.4, -0.2) is 37.1 Å². The molecule has 0 radical (unpaired) electrons. The maximum absolute atomic E-state index is 11.3. The van der Waals surface area contributed by atoms with Gasteiger partial charge < -0.3 is 4.74 Å². The molecule has 1 fully saturated rings. The van der Waals surface area contributed by atoms with Gasteiger partial charge in [-0.25, -0.2) is 0 Å². The number of likely N-dealkylation sites (tertiary alicyclic amines) is 1. The molecule has 0 aliphatic carbocycles. The van der Waals surface area contributed by atoms with Crippen LogP contribution in [0.15, 0.2) is 0 Å². The summed E-state index contributed by atoms with van der Waals surface area (Å²) in [6, 6.07) is 0.525. The lowest BCUT2D eigenvalue weighted by atomic mass is 9.99. The van der Waals surface area contributed by atoms with E-state index in [1.807, 2.05) is 0 Å². The highest BCUT2D eigenvalue weighted by Crippen LogP contribution is 2.25. The first-order valence-corrected chi connectivity index (χ1v) is 4.88. The second-order valence-corrected chi connectivity index (χ2v) is 4.15. The van der Waals surface area contributed by atoms with Crippen LogP contribution in [0, 0.1) is 11.8 Å². The smallest absolute Gasteiger partial charge is 0.310 e. The summed E-state index contributed by atoms with van der Waals surface area (Å²) in [7, 11) is 1.47. The topological polar surface area (TPSA) is 29.5 Å². The van der Waals surface area contributed by atoms with Gasteiger partial charge in [0.2, 0.25) is 0 Å². The number of nitrogens with zero attached hydrogens (tertiary/aromatic N) is 1. The van der Waals surface area contributed by atoms with E-state index in [0.29, 0.717) is 12.0 Å². The number of carbonyl (C=O) groups is 1. The van der Waals surface area contributed by atoms with Gasteiger partial charge >= 0.3 is 5.97 Å². The summed E-state index contributed by atoms with van der Waals surface area (Å²) < 4.78 is 4.77. The molecule has 1 aliphatic rings. The summed E-state index contributed by atoms with van der Waals surface area (Å²) in [4.78, 5) is 13.7. The molecule has 1 heterocycles. The van der Waals surface area contributed by atoms with Crippen molar-refractivity contribution in [1.29, 1.82) is 0 Å². The molecule has 0 N–H and O–H groups in total. The van der Waals surface area contributed by atoms with E-state index in [1.54, 1.807) is 0 Å². The van der Waals surface area contributed by atoms with E-state index in [9.17, 15) is 4.79 Å². The predicted octanol–water partition coefficient (Wildman–Crippen LogP) is 1.14. The van der Waals surface area contributed by atoms with Crippen molar-refractivity contribution in [2.24, 2.45) is 11.8 Å². The molecule has 0 aromatic rings. The number of ether oxygens (including phenoxy) is 1. The minimum Gasteiger partial charge on any atom is -0.469 e. The molecule has 0 bridgehead atoms. The SMILES string of the molecule is COC(=O)[C@@H]1CN(C(C)C)C[C@H]1C. The van der Waals surface area contributed by atoms with Gasteiger partial charge in [-0.15, -0.1) is 0 Å². The predicted molar refractivity (Wildman–Crippen MR) is 51.4 cm³/mol. The fourth-order valence-corrected chi connectivity index (χ4v) is 1.88.